The lowest BCUT2D eigenvalue weighted by Gasteiger charge is -2.28. The predicted octanol–water partition coefficient (Wildman–Crippen LogP) is 1.75. The fourth-order valence-electron chi connectivity index (χ4n) is 2.63. The van der Waals surface area contributed by atoms with Crippen LogP contribution in [0.4, 0.5) is 0 Å². The van der Waals surface area contributed by atoms with E-state index in [0.717, 1.165) is 24.3 Å². The van der Waals surface area contributed by atoms with E-state index >= 15 is 0 Å². The van der Waals surface area contributed by atoms with Crippen molar-refractivity contribution < 1.29 is 0 Å². The summed E-state index contributed by atoms with van der Waals surface area (Å²) >= 11 is 0. The molecule has 2 nitrogen and oxygen atoms in total. The molecule has 82 valence electrons. The lowest BCUT2D eigenvalue weighted by Crippen LogP contribution is -2.39. The predicted molar refractivity (Wildman–Crippen MR) is 60.1 cm³/mol. The fraction of sp³-hybridized carbons (Fsp3) is 1.00. The second kappa shape index (κ2) is 4.63. The maximum Gasteiger partial charge on any atom is 0.00792 e. The number of rotatable bonds is 4. The van der Waals surface area contributed by atoms with Crippen molar-refractivity contribution >= 4 is 0 Å². The summed E-state index contributed by atoms with van der Waals surface area (Å²) in [6.07, 6.45) is 6.75. The van der Waals surface area contributed by atoms with Crippen molar-refractivity contribution in [1.29, 1.82) is 0 Å². The van der Waals surface area contributed by atoms with Crippen LogP contribution in [0.5, 0.6) is 0 Å². The van der Waals surface area contributed by atoms with Gasteiger partial charge in [-0.3, -0.25) is 0 Å². The van der Waals surface area contributed by atoms with Gasteiger partial charge in [0.2, 0.25) is 0 Å². The third-order valence-electron chi connectivity index (χ3n) is 4.06. The molecule has 0 saturated heterocycles. The molecule has 0 heterocycles. The molecule has 2 fully saturated rings. The van der Waals surface area contributed by atoms with E-state index in [4.69, 9.17) is 5.73 Å². The molecule has 4 atom stereocenters. The molecular formula is C12H24N2. The highest BCUT2D eigenvalue weighted by Crippen LogP contribution is 2.36. The Bertz CT molecular complexity index is 181. The van der Waals surface area contributed by atoms with Gasteiger partial charge < -0.3 is 11.1 Å². The van der Waals surface area contributed by atoms with Crippen LogP contribution in [0.1, 0.15) is 39.0 Å². The van der Waals surface area contributed by atoms with Gasteiger partial charge in [0.1, 0.15) is 0 Å². The van der Waals surface area contributed by atoms with Gasteiger partial charge in [0.25, 0.3) is 0 Å². The van der Waals surface area contributed by atoms with Crippen LogP contribution < -0.4 is 11.1 Å². The van der Waals surface area contributed by atoms with Crippen molar-refractivity contribution in [2.24, 2.45) is 23.5 Å². The molecule has 0 aromatic rings. The highest BCUT2D eigenvalue weighted by Gasteiger charge is 2.32. The lowest BCUT2D eigenvalue weighted by atomic mass is 9.85. The van der Waals surface area contributed by atoms with Crippen LogP contribution in [-0.4, -0.2) is 19.1 Å². The smallest absolute Gasteiger partial charge is 0.00792 e. The van der Waals surface area contributed by atoms with Crippen LogP contribution in [0.15, 0.2) is 0 Å². The summed E-state index contributed by atoms with van der Waals surface area (Å²) in [6.45, 7) is 4.73. The molecular weight excluding hydrogens is 172 g/mol. The van der Waals surface area contributed by atoms with E-state index in [9.17, 15) is 0 Å². The number of nitrogens with two attached hydrogens (primary N) is 1. The first-order chi connectivity index (χ1) is 6.77. The normalized spacial score (nSPS) is 42.4. The maximum atomic E-state index is 6.10. The molecule has 0 aliphatic heterocycles. The molecule has 0 bridgehead atoms. The molecule has 2 saturated carbocycles. The van der Waals surface area contributed by atoms with Crippen LogP contribution in [0.25, 0.3) is 0 Å². The van der Waals surface area contributed by atoms with Crippen molar-refractivity contribution in [2.75, 3.05) is 13.1 Å². The molecule has 0 radical (unpaired) electrons. The quantitative estimate of drug-likeness (QED) is 0.719. The summed E-state index contributed by atoms with van der Waals surface area (Å²) in [4.78, 5) is 0. The number of nitrogens with one attached hydrogen (secondary N) is 1. The van der Waals surface area contributed by atoms with E-state index in [2.05, 4.69) is 12.2 Å². The number of hydrogen-bond donors (Lipinski definition) is 2. The zero-order valence-electron chi connectivity index (χ0n) is 9.34. The Morgan fingerprint density at radius 3 is 2.43 bits per heavy atom. The Hall–Kier alpha value is -0.0800. The Labute approximate surface area is 87.6 Å². The first-order valence-electron chi connectivity index (χ1n) is 6.23. The summed E-state index contributed by atoms with van der Waals surface area (Å²) in [5.74, 6) is 2.69. The molecule has 0 aromatic carbocycles. The van der Waals surface area contributed by atoms with Crippen molar-refractivity contribution in [3.63, 3.8) is 0 Å². The van der Waals surface area contributed by atoms with E-state index in [-0.39, 0.29) is 0 Å². The molecule has 0 amide bonds. The molecule has 3 N–H and O–H groups in total. The third kappa shape index (κ3) is 2.71. The summed E-state index contributed by atoms with van der Waals surface area (Å²) in [5, 5.41) is 3.60. The Kier molecular flexibility index (Phi) is 3.45. The molecule has 14 heavy (non-hydrogen) atoms. The van der Waals surface area contributed by atoms with E-state index in [1.165, 1.54) is 38.6 Å². The Morgan fingerprint density at radius 2 is 1.79 bits per heavy atom. The minimum atomic E-state index is 0.466. The van der Waals surface area contributed by atoms with Gasteiger partial charge in [-0.05, 0) is 50.1 Å². The van der Waals surface area contributed by atoms with Crippen molar-refractivity contribution in [2.45, 2.75) is 45.1 Å². The average molecular weight is 196 g/mol. The van der Waals surface area contributed by atoms with Gasteiger partial charge in [-0.15, -0.1) is 0 Å². The van der Waals surface area contributed by atoms with Crippen LogP contribution in [0.3, 0.4) is 0 Å². The molecule has 2 aliphatic carbocycles. The van der Waals surface area contributed by atoms with Crippen molar-refractivity contribution in [1.82, 2.24) is 5.32 Å². The van der Waals surface area contributed by atoms with E-state index in [1.807, 2.05) is 0 Å². The second-order valence-electron chi connectivity index (χ2n) is 5.34. The van der Waals surface area contributed by atoms with E-state index < -0.39 is 0 Å². The summed E-state index contributed by atoms with van der Waals surface area (Å²) in [6, 6.07) is 0.466. The topological polar surface area (TPSA) is 38.0 Å². The zero-order valence-corrected chi connectivity index (χ0v) is 9.34. The Balaban J connectivity index is 1.59. The third-order valence-corrected chi connectivity index (χ3v) is 4.06. The number of hydrogen-bond acceptors (Lipinski definition) is 2. The highest BCUT2D eigenvalue weighted by atomic mass is 14.9. The fourth-order valence-corrected chi connectivity index (χ4v) is 2.63. The van der Waals surface area contributed by atoms with Gasteiger partial charge in [-0.1, -0.05) is 19.8 Å². The first kappa shape index (κ1) is 10.4. The monoisotopic (exact) mass is 196 g/mol. The first-order valence-corrected chi connectivity index (χ1v) is 6.23. The van der Waals surface area contributed by atoms with Crippen molar-refractivity contribution in [3.8, 4) is 0 Å². The maximum absolute atomic E-state index is 6.10. The van der Waals surface area contributed by atoms with E-state index in [1.54, 1.807) is 0 Å². The molecule has 4 unspecified atom stereocenters. The lowest BCUT2D eigenvalue weighted by molar-refractivity contribution is 0.295. The average Bonchev–Trinajstić information content (AvgIpc) is 2.86. The SMILES string of the molecule is CC1CC1CNCC1CCCCC1N. The molecule has 0 aromatic heterocycles. The molecule has 0 spiro atoms. The molecule has 2 heteroatoms. The van der Waals surface area contributed by atoms with Gasteiger partial charge in [-0.2, -0.15) is 0 Å². The molecule has 2 rings (SSSR count). The summed E-state index contributed by atoms with van der Waals surface area (Å²) < 4.78 is 0. The summed E-state index contributed by atoms with van der Waals surface area (Å²) in [7, 11) is 0. The zero-order chi connectivity index (χ0) is 9.97. The minimum absolute atomic E-state index is 0.466. The van der Waals surface area contributed by atoms with Crippen LogP contribution in [0, 0.1) is 17.8 Å². The van der Waals surface area contributed by atoms with Gasteiger partial charge in [-0.25, -0.2) is 0 Å². The standard InChI is InChI=1S/C12H24N2/c1-9-6-11(9)8-14-7-10-4-2-3-5-12(10)13/h9-12,14H,2-8,13H2,1H3. The van der Waals surface area contributed by atoms with Crippen LogP contribution in [-0.2, 0) is 0 Å². The van der Waals surface area contributed by atoms with Gasteiger partial charge in [0.15, 0.2) is 0 Å². The van der Waals surface area contributed by atoms with Crippen molar-refractivity contribution in [3.05, 3.63) is 0 Å². The molecule has 2 aliphatic rings. The van der Waals surface area contributed by atoms with Gasteiger partial charge in [0.05, 0.1) is 0 Å². The summed E-state index contributed by atoms with van der Waals surface area (Å²) in [5.41, 5.74) is 6.10. The Morgan fingerprint density at radius 1 is 1.14 bits per heavy atom. The van der Waals surface area contributed by atoms with Gasteiger partial charge in [0, 0.05) is 6.04 Å². The van der Waals surface area contributed by atoms with Crippen LogP contribution >= 0.6 is 0 Å². The van der Waals surface area contributed by atoms with E-state index in [0.29, 0.717) is 6.04 Å². The highest BCUT2D eigenvalue weighted by molar-refractivity contribution is 4.85. The van der Waals surface area contributed by atoms with Gasteiger partial charge >= 0.3 is 0 Å². The minimum Gasteiger partial charge on any atom is -0.327 e. The largest absolute Gasteiger partial charge is 0.327 e. The second-order valence-corrected chi connectivity index (χ2v) is 5.34. The van der Waals surface area contributed by atoms with Crippen LogP contribution in [0.2, 0.25) is 0 Å².